The van der Waals surface area contributed by atoms with Crippen LogP contribution in [-0.2, 0) is 11.3 Å². The highest BCUT2D eigenvalue weighted by Gasteiger charge is 2.08. The number of terminal acetylenes is 1. The summed E-state index contributed by atoms with van der Waals surface area (Å²) in [7, 11) is 0. The number of carbonyl (C=O) groups is 1. The molecule has 108 valence electrons. The monoisotopic (exact) mass is 294 g/mol. The van der Waals surface area contributed by atoms with Crippen LogP contribution < -0.4 is 15.4 Å². The molecule has 0 atom stereocenters. The van der Waals surface area contributed by atoms with Gasteiger partial charge in [0.25, 0.3) is 5.91 Å². The first kappa shape index (κ1) is 16.4. The third kappa shape index (κ3) is 5.96. The lowest BCUT2D eigenvalue weighted by Gasteiger charge is -2.14. The Hall–Kier alpha value is -1.70. The van der Waals surface area contributed by atoms with Gasteiger partial charge in [-0.05, 0) is 18.2 Å². The van der Waals surface area contributed by atoms with Crippen LogP contribution in [0.15, 0.2) is 18.2 Å². The third-order valence-corrected chi connectivity index (χ3v) is 2.70. The molecule has 1 aromatic rings. The van der Waals surface area contributed by atoms with Crippen molar-refractivity contribution in [1.29, 1.82) is 0 Å². The second kappa shape index (κ2) is 8.47. The summed E-state index contributed by atoms with van der Waals surface area (Å²) in [6.07, 6.45) is 5.06. The molecule has 0 aliphatic rings. The molecule has 0 unspecified atom stereocenters. The molecule has 0 saturated carbocycles. The van der Waals surface area contributed by atoms with Crippen molar-refractivity contribution in [2.75, 3.05) is 13.2 Å². The molecular formula is C15H19ClN2O2. The predicted octanol–water partition coefficient (Wildman–Crippen LogP) is 1.97. The molecule has 0 fully saturated rings. The number of amides is 1. The van der Waals surface area contributed by atoms with E-state index in [-0.39, 0.29) is 19.1 Å². The van der Waals surface area contributed by atoms with Gasteiger partial charge in [0.05, 0.1) is 6.54 Å². The number of hydrogen-bond acceptors (Lipinski definition) is 3. The maximum atomic E-state index is 11.4. The Kier molecular flexibility index (Phi) is 6.92. The first-order valence-electron chi connectivity index (χ1n) is 6.37. The Bertz CT molecular complexity index is 495. The van der Waals surface area contributed by atoms with Crippen molar-refractivity contribution in [3.8, 4) is 18.1 Å². The van der Waals surface area contributed by atoms with E-state index in [9.17, 15) is 4.79 Å². The van der Waals surface area contributed by atoms with Gasteiger partial charge in [0, 0.05) is 23.2 Å². The zero-order valence-electron chi connectivity index (χ0n) is 11.7. The summed E-state index contributed by atoms with van der Waals surface area (Å²) in [5, 5.41) is 6.46. The van der Waals surface area contributed by atoms with Crippen LogP contribution in [-0.4, -0.2) is 25.1 Å². The molecule has 0 radical (unpaired) electrons. The van der Waals surface area contributed by atoms with Gasteiger partial charge in [-0.3, -0.25) is 4.79 Å². The minimum Gasteiger partial charge on any atom is -0.483 e. The van der Waals surface area contributed by atoms with E-state index in [4.69, 9.17) is 22.8 Å². The maximum Gasteiger partial charge on any atom is 0.258 e. The summed E-state index contributed by atoms with van der Waals surface area (Å²) < 4.78 is 5.50. The zero-order chi connectivity index (χ0) is 15.0. The molecule has 2 N–H and O–H groups in total. The molecular weight excluding hydrogens is 276 g/mol. The van der Waals surface area contributed by atoms with Gasteiger partial charge in [-0.25, -0.2) is 0 Å². The average Bonchev–Trinajstić information content (AvgIpc) is 2.41. The average molecular weight is 295 g/mol. The summed E-state index contributed by atoms with van der Waals surface area (Å²) >= 11 is 5.98. The van der Waals surface area contributed by atoms with Crippen molar-refractivity contribution >= 4 is 17.5 Å². The summed E-state index contributed by atoms with van der Waals surface area (Å²) in [5.74, 6) is 2.72. The van der Waals surface area contributed by atoms with Crippen LogP contribution in [0, 0.1) is 12.3 Å². The van der Waals surface area contributed by atoms with Crippen molar-refractivity contribution in [2.24, 2.45) is 0 Å². The van der Waals surface area contributed by atoms with Crippen LogP contribution >= 0.6 is 11.6 Å². The fourth-order valence-corrected chi connectivity index (χ4v) is 1.68. The lowest BCUT2D eigenvalue weighted by atomic mass is 10.2. The summed E-state index contributed by atoms with van der Waals surface area (Å²) in [4.78, 5) is 11.4. The van der Waals surface area contributed by atoms with E-state index in [2.05, 4.69) is 30.4 Å². The van der Waals surface area contributed by atoms with E-state index >= 15 is 0 Å². The van der Waals surface area contributed by atoms with Gasteiger partial charge >= 0.3 is 0 Å². The zero-order valence-corrected chi connectivity index (χ0v) is 12.5. The largest absolute Gasteiger partial charge is 0.483 e. The molecule has 5 heteroatoms. The van der Waals surface area contributed by atoms with Gasteiger partial charge in [0.15, 0.2) is 6.61 Å². The Labute approximate surface area is 124 Å². The smallest absolute Gasteiger partial charge is 0.258 e. The van der Waals surface area contributed by atoms with Crippen molar-refractivity contribution in [1.82, 2.24) is 10.6 Å². The van der Waals surface area contributed by atoms with E-state index in [1.807, 2.05) is 6.07 Å². The molecule has 0 heterocycles. The first-order chi connectivity index (χ1) is 9.52. The van der Waals surface area contributed by atoms with Crippen LogP contribution in [0.4, 0.5) is 0 Å². The lowest BCUT2D eigenvalue weighted by Crippen LogP contribution is -2.29. The van der Waals surface area contributed by atoms with Crippen LogP contribution in [0.1, 0.15) is 19.4 Å². The van der Waals surface area contributed by atoms with Crippen molar-refractivity contribution in [3.05, 3.63) is 28.8 Å². The van der Waals surface area contributed by atoms with E-state index in [1.165, 1.54) is 0 Å². The van der Waals surface area contributed by atoms with Gasteiger partial charge in [-0.15, -0.1) is 6.42 Å². The summed E-state index contributed by atoms with van der Waals surface area (Å²) in [5.41, 5.74) is 0.913. The quantitative estimate of drug-likeness (QED) is 0.756. The maximum absolute atomic E-state index is 11.4. The standard InChI is InChI=1S/C15H19ClN2O2/c1-4-7-17-15(19)10-20-14-6-5-13(16)8-12(14)9-18-11(2)3/h1,5-6,8,11,18H,7,9-10H2,2-3H3,(H,17,19). The van der Waals surface area contributed by atoms with Gasteiger partial charge in [0.1, 0.15) is 5.75 Å². The molecule has 0 saturated heterocycles. The number of nitrogens with one attached hydrogen (secondary N) is 2. The van der Waals surface area contributed by atoms with Crippen LogP contribution in [0.3, 0.4) is 0 Å². The molecule has 0 aromatic heterocycles. The molecule has 4 nitrogen and oxygen atoms in total. The van der Waals surface area contributed by atoms with Crippen molar-refractivity contribution in [2.45, 2.75) is 26.4 Å². The van der Waals surface area contributed by atoms with Gasteiger partial charge in [0.2, 0.25) is 0 Å². The number of rotatable bonds is 7. The molecule has 1 rings (SSSR count). The number of halogens is 1. The van der Waals surface area contributed by atoms with Gasteiger partial charge in [-0.1, -0.05) is 31.4 Å². The highest BCUT2D eigenvalue weighted by molar-refractivity contribution is 6.30. The second-order valence-electron chi connectivity index (χ2n) is 4.56. The molecule has 0 bridgehead atoms. The lowest BCUT2D eigenvalue weighted by molar-refractivity contribution is -0.122. The van der Waals surface area contributed by atoms with Gasteiger partial charge in [-0.2, -0.15) is 0 Å². The van der Waals surface area contributed by atoms with E-state index in [0.29, 0.717) is 23.4 Å². The first-order valence-corrected chi connectivity index (χ1v) is 6.75. The molecule has 0 spiro atoms. The van der Waals surface area contributed by atoms with Crippen molar-refractivity contribution < 1.29 is 9.53 Å². The molecule has 1 aromatic carbocycles. The fraction of sp³-hybridized carbons (Fsp3) is 0.400. The Morgan fingerprint density at radius 2 is 2.25 bits per heavy atom. The Morgan fingerprint density at radius 1 is 1.50 bits per heavy atom. The number of ether oxygens (including phenoxy) is 1. The fourth-order valence-electron chi connectivity index (χ4n) is 1.49. The minimum absolute atomic E-state index is 0.0714. The topological polar surface area (TPSA) is 50.4 Å². The predicted molar refractivity (Wildman–Crippen MR) is 80.8 cm³/mol. The Morgan fingerprint density at radius 3 is 2.90 bits per heavy atom. The SMILES string of the molecule is C#CCNC(=O)COc1ccc(Cl)cc1CNC(C)C. The van der Waals surface area contributed by atoms with Gasteiger partial charge < -0.3 is 15.4 Å². The normalized spacial score (nSPS) is 10.2. The highest BCUT2D eigenvalue weighted by atomic mass is 35.5. The molecule has 0 aliphatic heterocycles. The van der Waals surface area contributed by atoms with E-state index in [1.54, 1.807) is 12.1 Å². The van der Waals surface area contributed by atoms with Crippen molar-refractivity contribution in [3.63, 3.8) is 0 Å². The van der Waals surface area contributed by atoms with Crippen LogP contribution in [0.5, 0.6) is 5.75 Å². The summed E-state index contributed by atoms with van der Waals surface area (Å²) in [6, 6.07) is 5.66. The number of benzene rings is 1. The number of hydrogen-bond donors (Lipinski definition) is 2. The molecule has 20 heavy (non-hydrogen) atoms. The Balaban J connectivity index is 2.64. The van der Waals surface area contributed by atoms with Crippen LogP contribution in [0.25, 0.3) is 0 Å². The van der Waals surface area contributed by atoms with Crippen LogP contribution in [0.2, 0.25) is 5.02 Å². The molecule has 0 aliphatic carbocycles. The number of carbonyl (C=O) groups excluding carboxylic acids is 1. The minimum atomic E-state index is -0.249. The summed E-state index contributed by atoms with van der Waals surface area (Å²) in [6.45, 7) is 4.86. The second-order valence-corrected chi connectivity index (χ2v) is 4.99. The van der Waals surface area contributed by atoms with E-state index in [0.717, 1.165) is 5.56 Å². The highest BCUT2D eigenvalue weighted by Crippen LogP contribution is 2.23. The van der Waals surface area contributed by atoms with E-state index < -0.39 is 0 Å². The molecule has 1 amide bonds. The third-order valence-electron chi connectivity index (χ3n) is 2.47.